The van der Waals surface area contributed by atoms with Gasteiger partial charge in [0.2, 0.25) is 0 Å². The average molecular weight is 289 g/mol. The average Bonchev–Trinajstić information content (AvgIpc) is 2.49. The second kappa shape index (κ2) is 9.22. The topological polar surface area (TPSA) is 24.5 Å². The highest BCUT2D eigenvalue weighted by molar-refractivity contribution is 8.00. The first-order valence-electron chi connectivity index (χ1n) is 7.68. The third-order valence-corrected chi connectivity index (χ3v) is 4.86. The van der Waals surface area contributed by atoms with Crippen molar-refractivity contribution in [2.75, 3.05) is 45.1 Å². The zero-order valence-electron chi connectivity index (χ0n) is 13.2. The summed E-state index contributed by atoms with van der Waals surface area (Å²) in [5.74, 6) is 1.27. The Balaban J connectivity index is 1.97. The lowest BCUT2D eigenvalue weighted by Crippen LogP contribution is -2.34. The van der Waals surface area contributed by atoms with Crippen molar-refractivity contribution >= 4 is 11.8 Å². The third kappa shape index (κ3) is 8.90. The monoisotopic (exact) mass is 288 g/mol. The second-order valence-electron chi connectivity index (χ2n) is 6.22. The summed E-state index contributed by atoms with van der Waals surface area (Å²) in [4.78, 5) is 2.60. The lowest BCUT2D eigenvalue weighted by atomic mass is 10.1. The van der Waals surface area contributed by atoms with Crippen LogP contribution in [0, 0.1) is 0 Å². The van der Waals surface area contributed by atoms with Crippen LogP contribution < -0.4 is 5.32 Å². The SMILES string of the molecule is CC(C)OCCCNCCN1CCSC(C)(C)CC1. The van der Waals surface area contributed by atoms with Gasteiger partial charge in [-0.1, -0.05) is 13.8 Å². The normalized spacial score (nSPS) is 20.7. The van der Waals surface area contributed by atoms with Gasteiger partial charge in [0.05, 0.1) is 6.10 Å². The molecule has 114 valence electrons. The van der Waals surface area contributed by atoms with Crippen LogP contribution in [0.15, 0.2) is 0 Å². The summed E-state index contributed by atoms with van der Waals surface area (Å²) >= 11 is 2.12. The highest BCUT2D eigenvalue weighted by atomic mass is 32.2. The summed E-state index contributed by atoms with van der Waals surface area (Å²) in [5, 5.41) is 3.52. The van der Waals surface area contributed by atoms with Gasteiger partial charge in [-0.2, -0.15) is 11.8 Å². The molecule has 1 aliphatic heterocycles. The Morgan fingerprint density at radius 2 is 2.05 bits per heavy atom. The maximum Gasteiger partial charge on any atom is 0.0518 e. The first-order chi connectivity index (χ1) is 8.99. The van der Waals surface area contributed by atoms with Crippen LogP contribution in [0.5, 0.6) is 0 Å². The quantitative estimate of drug-likeness (QED) is 0.694. The summed E-state index contributed by atoms with van der Waals surface area (Å²) in [6, 6.07) is 0. The van der Waals surface area contributed by atoms with Crippen LogP contribution in [-0.4, -0.2) is 60.8 Å². The molecule has 0 atom stereocenters. The molecule has 1 fully saturated rings. The molecule has 1 saturated heterocycles. The molecule has 0 aromatic carbocycles. The van der Waals surface area contributed by atoms with Crippen molar-refractivity contribution in [2.45, 2.75) is 51.4 Å². The molecule has 0 unspecified atom stereocenters. The van der Waals surface area contributed by atoms with E-state index in [0.717, 1.165) is 26.1 Å². The Kier molecular flexibility index (Phi) is 8.38. The highest BCUT2D eigenvalue weighted by Gasteiger charge is 2.23. The molecule has 0 aromatic heterocycles. The van der Waals surface area contributed by atoms with E-state index in [1.807, 2.05) is 0 Å². The van der Waals surface area contributed by atoms with Gasteiger partial charge in [0.15, 0.2) is 0 Å². The van der Waals surface area contributed by atoms with Gasteiger partial charge in [0.25, 0.3) is 0 Å². The largest absolute Gasteiger partial charge is 0.379 e. The Bertz CT molecular complexity index is 234. The predicted molar refractivity (Wildman–Crippen MR) is 86.2 cm³/mol. The van der Waals surface area contributed by atoms with Crippen molar-refractivity contribution in [1.29, 1.82) is 0 Å². The van der Waals surface area contributed by atoms with Crippen molar-refractivity contribution < 1.29 is 4.74 Å². The Morgan fingerprint density at radius 1 is 1.26 bits per heavy atom. The molecule has 0 radical (unpaired) electrons. The number of thioether (sulfide) groups is 1. The molecular weight excluding hydrogens is 256 g/mol. The molecule has 3 nitrogen and oxygen atoms in total. The zero-order chi connectivity index (χ0) is 14.1. The van der Waals surface area contributed by atoms with Crippen molar-refractivity contribution in [3.8, 4) is 0 Å². The standard InChI is InChI=1S/C15H32N2OS/c1-14(2)18-12-5-7-16-8-10-17-9-6-15(3,4)19-13-11-17/h14,16H,5-13H2,1-4H3. The van der Waals surface area contributed by atoms with E-state index >= 15 is 0 Å². The van der Waals surface area contributed by atoms with Crippen molar-refractivity contribution in [1.82, 2.24) is 10.2 Å². The number of rotatable bonds is 8. The molecule has 1 rings (SSSR count). The summed E-state index contributed by atoms with van der Waals surface area (Å²) < 4.78 is 5.99. The molecule has 1 heterocycles. The molecule has 4 heteroatoms. The van der Waals surface area contributed by atoms with E-state index in [9.17, 15) is 0 Å². The fraction of sp³-hybridized carbons (Fsp3) is 1.00. The van der Waals surface area contributed by atoms with Crippen molar-refractivity contribution in [3.63, 3.8) is 0 Å². The molecule has 0 spiro atoms. The molecule has 0 saturated carbocycles. The van der Waals surface area contributed by atoms with E-state index in [1.54, 1.807) is 0 Å². The lowest BCUT2D eigenvalue weighted by Gasteiger charge is -2.22. The maximum atomic E-state index is 5.52. The molecule has 0 aromatic rings. The second-order valence-corrected chi connectivity index (χ2v) is 8.02. The number of nitrogens with one attached hydrogen (secondary N) is 1. The number of nitrogens with zero attached hydrogens (tertiary/aromatic N) is 1. The zero-order valence-corrected chi connectivity index (χ0v) is 14.0. The Labute approximate surface area is 123 Å². The minimum absolute atomic E-state index is 0.359. The smallest absolute Gasteiger partial charge is 0.0518 e. The van der Waals surface area contributed by atoms with E-state index in [2.05, 4.69) is 49.7 Å². The molecule has 1 N–H and O–H groups in total. The molecule has 0 aliphatic carbocycles. The van der Waals surface area contributed by atoms with Gasteiger partial charge in [-0.3, -0.25) is 0 Å². The van der Waals surface area contributed by atoms with E-state index < -0.39 is 0 Å². The Morgan fingerprint density at radius 3 is 2.79 bits per heavy atom. The van der Waals surface area contributed by atoms with Crippen molar-refractivity contribution in [3.05, 3.63) is 0 Å². The van der Waals surface area contributed by atoms with Gasteiger partial charge in [-0.05, 0) is 39.8 Å². The van der Waals surface area contributed by atoms with E-state index in [4.69, 9.17) is 4.74 Å². The van der Waals surface area contributed by atoms with Gasteiger partial charge in [-0.25, -0.2) is 0 Å². The summed E-state index contributed by atoms with van der Waals surface area (Å²) in [5.41, 5.74) is 0. The van der Waals surface area contributed by atoms with Gasteiger partial charge in [0, 0.05) is 36.7 Å². The van der Waals surface area contributed by atoms with Crippen LogP contribution in [0.4, 0.5) is 0 Å². The summed E-state index contributed by atoms with van der Waals surface area (Å²) in [6.07, 6.45) is 2.78. The van der Waals surface area contributed by atoms with Crippen LogP contribution in [0.3, 0.4) is 0 Å². The third-order valence-electron chi connectivity index (χ3n) is 3.48. The minimum Gasteiger partial charge on any atom is -0.379 e. The fourth-order valence-electron chi connectivity index (χ4n) is 2.16. The predicted octanol–water partition coefficient (Wildman–Crippen LogP) is 2.61. The molecule has 0 bridgehead atoms. The summed E-state index contributed by atoms with van der Waals surface area (Å²) in [7, 11) is 0. The lowest BCUT2D eigenvalue weighted by molar-refractivity contribution is 0.0770. The van der Waals surface area contributed by atoms with Crippen LogP contribution in [-0.2, 0) is 4.74 Å². The van der Waals surface area contributed by atoms with Crippen LogP contribution >= 0.6 is 11.8 Å². The van der Waals surface area contributed by atoms with Crippen molar-refractivity contribution in [2.24, 2.45) is 0 Å². The van der Waals surface area contributed by atoms with Crippen LogP contribution in [0.25, 0.3) is 0 Å². The van der Waals surface area contributed by atoms with Gasteiger partial charge >= 0.3 is 0 Å². The van der Waals surface area contributed by atoms with Gasteiger partial charge < -0.3 is 15.0 Å². The Hall–Kier alpha value is 0.230. The van der Waals surface area contributed by atoms with E-state index in [-0.39, 0.29) is 0 Å². The van der Waals surface area contributed by atoms with Crippen LogP contribution in [0.1, 0.15) is 40.5 Å². The number of hydrogen-bond acceptors (Lipinski definition) is 4. The molecule has 19 heavy (non-hydrogen) atoms. The van der Waals surface area contributed by atoms with Crippen LogP contribution in [0.2, 0.25) is 0 Å². The molecule has 0 amide bonds. The minimum atomic E-state index is 0.359. The number of hydrogen-bond donors (Lipinski definition) is 1. The van der Waals surface area contributed by atoms with Gasteiger partial charge in [-0.15, -0.1) is 0 Å². The first kappa shape index (κ1) is 17.3. The first-order valence-corrected chi connectivity index (χ1v) is 8.67. The molecular formula is C15H32N2OS. The molecule has 1 aliphatic rings. The van der Waals surface area contributed by atoms with Gasteiger partial charge in [0.1, 0.15) is 0 Å². The highest BCUT2D eigenvalue weighted by Crippen LogP contribution is 2.30. The number of ether oxygens (including phenoxy) is 1. The summed E-state index contributed by atoms with van der Waals surface area (Å²) in [6.45, 7) is 15.6. The van der Waals surface area contributed by atoms with E-state index in [1.165, 1.54) is 31.8 Å². The fourth-order valence-corrected chi connectivity index (χ4v) is 3.30. The van der Waals surface area contributed by atoms with E-state index in [0.29, 0.717) is 10.9 Å². The maximum absolute atomic E-state index is 5.52.